The summed E-state index contributed by atoms with van der Waals surface area (Å²) in [7, 11) is 0. The van der Waals surface area contributed by atoms with Crippen molar-refractivity contribution in [1.82, 2.24) is 9.80 Å². The molecule has 2 rings (SSSR count). The first-order valence-electron chi connectivity index (χ1n) is 7.84. The van der Waals surface area contributed by atoms with E-state index in [9.17, 15) is 4.79 Å². The number of para-hydroxylation sites is 1. The predicted octanol–water partition coefficient (Wildman–Crippen LogP) is 4.33. The molecule has 0 unspecified atom stereocenters. The molecule has 1 heterocycles. The van der Waals surface area contributed by atoms with Gasteiger partial charge in [-0.1, -0.05) is 49.0 Å². The van der Waals surface area contributed by atoms with Crippen molar-refractivity contribution >= 4 is 34.9 Å². The van der Waals surface area contributed by atoms with Crippen molar-refractivity contribution in [2.45, 2.75) is 26.2 Å². The van der Waals surface area contributed by atoms with Gasteiger partial charge >= 0.3 is 6.03 Å². The second-order valence-corrected chi connectivity index (χ2v) is 6.38. The number of carbonyl (C=O) groups excluding carboxylic acids is 1. The third kappa shape index (κ3) is 4.77. The number of unbranched alkanes of at least 4 members (excludes halogenated alkanes) is 2. The Balaban J connectivity index is 1.82. The molecular formula is C16H23Cl2N3O. The van der Waals surface area contributed by atoms with Crippen LogP contribution in [0.15, 0.2) is 18.2 Å². The first kappa shape index (κ1) is 17.4. The summed E-state index contributed by atoms with van der Waals surface area (Å²) >= 11 is 12.2. The van der Waals surface area contributed by atoms with Crippen LogP contribution < -0.4 is 5.32 Å². The number of carbonyl (C=O) groups is 1. The van der Waals surface area contributed by atoms with Gasteiger partial charge in [0.15, 0.2) is 0 Å². The lowest BCUT2D eigenvalue weighted by Crippen LogP contribution is -2.50. The Morgan fingerprint density at radius 3 is 2.36 bits per heavy atom. The van der Waals surface area contributed by atoms with Crippen molar-refractivity contribution in [2.75, 3.05) is 38.0 Å². The van der Waals surface area contributed by atoms with Crippen LogP contribution in [0.5, 0.6) is 0 Å². The van der Waals surface area contributed by atoms with Crippen LogP contribution in [0.1, 0.15) is 26.2 Å². The van der Waals surface area contributed by atoms with Crippen LogP contribution in [0, 0.1) is 0 Å². The van der Waals surface area contributed by atoms with Crippen molar-refractivity contribution in [3.8, 4) is 0 Å². The van der Waals surface area contributed by atoms with E-state index in [1.807, 2.05) is 4.90 Å². The smallest absolute Gasteiger partial charge is 0.322 e. The zero-order valence-electron chi connectivity index (χ0n) is 12.9. The molecule has 1 aromatic carbocycles. The summed E-state index contributed by atoms with van der Waals surface area (Å²) in [6.45, 7) is 6.66. The lowest BCUT2D eigenvalue weighted by Gasteiger charge is -2.34. The molecule has 1 aliphatic rings. The van der Waals surface area contributed by atoms with Crippen LogP contribution in [0.25, 0.3) is 0 Å². The van der Waals surface area contributed by atoms with Crippen molar-refractivity contribution in [1.29, 1.82) is 0 Å². The topological polar surface area (TPSA) is 35.6 Å². The molecule has 122 valence electrons. The highest BCUT2D eigenvalue weighted by Crippen LogP contribution is 2.30. The number of anilines is 1. The molecular weight excluding hydrogens is 321 g/mol. The van der Waals surface area contributed by atoms with Crippen molar-refractivity contribution in [2.24, 2.45) is 0 Å². The molecule has 1 aromatic rings. The number of hydrogen-bond acceptors (Lipinski definition) is 2. The van der Waals surface area contributed by atoms with Gasteiger partial charge in [-0.3, -0.25) is 4.90 Å². The number of urea groups is 1. The molecule has 0 bridgehead atoms. The Morgan fingerprint density at radius 1 is 1.14 bits per heavy atom. The molecule has 0 atom stereocenters. The second-order valence-electron chi connectivity index (χ2n) is 5.56. The van der Waals surface area contributed by atoms with Crippen molar-refractivity contribution < 1.29 is 4.79 Å². The Hall–Kier alpha value is -0.970. The lowest BCUT2D eigenvalue weighted by molar-refractivity contribution is 0.146. The molecule has 22 heavy (non-hydrogen) atoms. The SMILES string of the molecule is CCCCCN1CCN(C(=O)Nc2c(Cl)cccc2Cl)CC1. The van der Waals surface area contributed by atoms with E-state index in [4.69, 9.17) is 23.2 Å². The average Bonchev–Trinajstić information content (AvgIpc) is 2.52. The molecule has 0 aliphatic carbocycles. The highest BCUT2D eigenvalue weighted by Gasteiger charge is 2.21. The Bertz CT molecular complexity index is 482. The summed E-state index contributed by atoms with van der Waals surface area (Å²) in [5.74, 6) is 0. The molecule has 1 aliphatic heterocycles. The van der Waals surface area contributed by atoms with E-state index < -0.39 is 0 Å². The van der Waals surface area contributed by atoms with E-state index >= 15 is 0 Å². The van der Waals surface area contributed by atoms with Crippen LogP contribution in [0.2, 0.25) is 10.0 Å². The first-order valence-corrected chi connectivity index (χ1v) is 8.59. The summed E-state index contributed by atoms with van der Waals surface area (Å²) in [6, 6.07) is 5.06. The fraction of sp³-hybridized carbons (Fsp3) is 0.562. The third-order valence-electron chi connectivity index (χ3n) is 3.93. The maximum atomic E-state index is 12.3. The van der Waals surface area contributed by atoms with E-state index in [0.717, 1.165) is 32.7 Å². The summed E-state index contributed by atoms with van der Waals surface area (Å²) in [5.41, 5.74) is 0.487. The van der Waals surface area contributed by atoms with Gasteiger partial charge in [-0.05, 0) is 25.1 Å². The number of benzene rings is 1. The molecule has 4 nitrogen and oxygen atoms in total. The highest BCUT2D eigenvalue weighted by atomic mass is 35.5. The van der Waals surface area contributed by atoms with Crippen molar-refractivity contribution in [3.05, 3.63) is 28.2 Å². The van der Waals surface area contributed by atoms with Gasteiger partial charge in [0.05, 0.1) is 15.7 Å². The van der Waals surface area contributed by atoms with Crippen LogP contribution in [0.4, 0.5) is 10.5 Å². The molecule has 1 fully saturated rings. The van der Waals surface area contributed by atoms with Gasteiger partial charge in [0.25, 0.3) is 0 Å². The molecule has 2 amide bonds. The number of halogens is 2. The Kier molecular flexibility index (Phi) is 6.80. The minimum atomic E-state index is -0.136. The van der Waals surface area contributed by atoms with Gasteiger partial charge in [0, 0.05) is 26.2 Å². The van der Waals surface area contributed by atoms with Crippen LogP contribution in [0.3, 0.4) is 0 Å². The van der Waals surface area contributed by atoms with Gasteiger partial charge < -0.3 is 10.2 Å². The van der Waals surface area contributed by atoms with Crippen LogP contribution >= 0.6 is 23.2 Å². The monoisotopic (exact) mass is 343 g/mol. The van der Waals surface area contributed by atoms with E-state index in [1.165, 1.54) is 19.3 Å². The van der Waals surface area contributed by atoms with Crippen LogP contribution in [-0.2, 0) is 0 Å². The number of nitrogens with one attached hydrogen (secondary N) is 1. The quantitative estimate of drug-likeness (QED) is 0.807. The molecule has 1 N–H and O–H groups in total. The van der Waals surface area contributed by atoms with Gasteiger partial charge in [0.1, 0.15) is 0 Å². The normalized spacial score (nSPS) is 15.9. The zero-order chi connectivity index (χ0) is 15.9. The fourth-order valence-corrected chi connectivity index (χ4v) is 3.06. The molecule has 0 aromatic heterocycles. The largest absolute Gasteiger partial charge is 0.322 e. The average molecular weight is 344 g/mol. The number of amides is 2. The lowest BCUT2D eigenvalue weighted by atomic mass is 10.2. The van der Waals surface area contributed by atoms with Crippen LogP contribution in [-0.4, -0.2) is 48.6 Å². The summed E-state index contributed by atoms with van der Waals surface area (Å²) in [4.78, 5) is 16.6. The summed E-state index contributed by atoms with van der Waals surface area (Å²) in [5, 5.41) is 3.73. The number of piperazine rings is 1. The minimum absolute atomic E-state index is 0.136. The van der Waals surface area contributed by atoms with Gasteiger partial charge in [-0.15, -0.1) is 0 Å². The number of rotatable bonds is 5. The first-order chi connectivity index (χ1) is 10.6. The van der Waals surface area contributed by atoms with Gasteiger partial charge in [0.2, 0.25) is 0 Å². The molecule has 0 saturated carbocycles. The van der Waals surface area contributed by atoms with E-state index in [2.05, 4.69) is 17.1 Å². The maximum absolute atomic E-state index is 12.3. The molecule has 1 saturated heterocycles. The van der Waals surface area contributed by atoms with Crippen molar-refractivity contribution in [3.63, 3.8) is 0 Å². The number of nitrogens with zero attached hydrogens (tertiary/aromatic N) is 2. The van der Waals surface area contributed by atoms with E-state index in [1.54, 1.807) is 18.2 Å². The molecule has 0 radical (unpaired) electrons. The van der Waals surface area contributed by atoms with E-state index in [-0.39, 0.29) is 6.03 Å². The Morgan fingerprint density at radius 2 is 1.77 bits per heavy atom. The number of hydrogen-bond donors (Lipinski definition) is 1. The molecule has 6 heteroatoms. The summed E-state index contributed by atoms with van der Waals surface area (Å²) < 4.78 is 0. The fourth-order valence-electron chi connectivity index (χ4n) is 2.56. The van der Waals surface area contributed by atoms with E-state index in [0.29, 0.717) is 15.7 Å². The second kappa shape index (κ2) is 8.61. The predicted molar refractivity (Wildman–Crippen MR) is 93.0 cm³/mol. The maximum Gasteiger partial charge on any atom is 0.322 e. The third-order valence-corrected chi connectivity index (χ3v) is 4.56. The highest BCUT2D eigenvalue weighted by molar-refractivity contribution is 6.39. The molecule has 0 spiro atoms. The van der Waals surface area contributed by atoms with Gasteiger partial charge in [-0.25, -0.2) is 4.79 Å². The Labute approximate surface area is 142 Å². The standard InChI is InChI=1S/C16H23Cl2N3O/c1-2-3-4-8-20-9-11-21(12-10-20)16(22)19-15-13(17)6-5-7-14(15)18/h5-7H,2-4,8-12H2,1H3,(H,19,22). The zero-order valence-corrected chi connectivity index (χ0v) is 14.5. The van der Waals surface area contributed by atoms with Gasteiger partial charge in [-0.2, -0.15) is 0 Å². The summed E-state index contributed by atoms with van der Waals surface area (Å²) in [6.07, 6.45) is 3.74. The minimum Gasteiger partial charge on any atom is -0.322 e.